The number of carbonyl (C=O) groups is 1. The van der Waals surface area contributed by atoms with Crippen molar-refractivity contribution in [3.05, 3.63) is 59.7 Å². The summed E-state index contributed by atoms with van der Waals surface area (Å²) in [7, 11) is 0. The van der Waals surface area contributed by atoms with Crippen LogP contribution in [0.5, 0.6) is 0 Å². The second-order valence-corrected chi connectivity index (χ2v) is 6.46. The van der Waals surface area contributed by atoms with Crippen molar-refractivity contribution in [2.24, 2.45) is 0 Å². The van der Waals surface area contributed by atoms with Crippen LogP contribution < -0.4 is 5.73 Å². The van der Waals surface area contributed by atoms with Gasteiger partial charge < -0.3 is 15.2 Å². The molecule has 9 heteroatoms. The highest BCUT2D eigenvalue weighted by atomic mass is 35.5. The van der Waals surface area contributed by atoms with Crippen LogP contribution in [0.1, 0.15) is 23.5 Å². The molecule has 1 aromatic carbocycles. The summed E-state index contributed by atoms with van der Waals surface area (Å²) in [5.74, 6) is 0.597. The molecule has 0 aliphatic carbocycles. The molecule has 0 spiro atoms. The molecular formula is C18H16ClN5O3. The predicted octanol–water partition coefficient (Wildman–Crippen LogP) is 2.61. The van der Waals surface area contributed by atoms with Gasteiger partial charge in [-0.15, -0.1) is 0 Å². The summed E-state index contributed by atoms with van der Waals surface area (Å²) < 4.78 is 13.1. The minimum Gasteiger partial charge on any atom is -0.459 e. The third-order valence-electron chi connectivity index (χ3n) is 4.18. The van der Waals surface area contributed by atoms with E-state index in [0.717, 1.165) is 5.92 Å². The van der Waals surface area contributed by atoms with Gasteiger partial charge >= 0.3 is 5.97 Å². The second-order valence-electron chi connectivity index (χ2n) is 6.10. The predicted molar refractivity (Wildman–Crippen MR) is 98.6 cm³/mol. The summed E-state index contributed by atoms with van der Waals surface area (Å²) in [5, 5.41) is 0.184. The first kappa shape index (κ1) is 17.7. The van der Waals surface area contributed by atoms with Gasteiger partial charge in [-0.2, -0.15) is 9.97 Å². The van der Waals surface area contributed by atoms with Gasteiger partial charge in [-0.3, -0.25) is 4.57 Å². The number of nitrogens with two attached hydrogens (primary N) is 1. The van der Waals surface area contributed by atoms with Crippen LogP contribution >= 0.6 is 11.6 Å². The van der Waals surface area contributed by atoms with E-state index in [9.17, 15) is 4.79 Å². The van der Waals surface area contributed by atoms with E-state index in [4.69, 9.17) is 26.8 Å². The number of ether oxygens (including phenoxy) is 2. The number of benzene rings is 1. The van der Waals surface area contributed by atoms with E-state index in [1.165, 1.54) is 0 Å². The Morgan fingerprint density at radius 2 is 2.11 bits per heavy atom. The van der Waals surface area contributed by atoms with Crippen molar-refractivity contribution >= 4 is 34.7 Å². The highest BCUT2D eigenvalue weighted by Crippen LogP contribution is 2.37. The molecule has 138 valence electrons. The largest absolute Gasteiger partial charge is 0.459 e. The number of fused-ring (bicyclic) bond motifs is 1. The number of aromatic nitrogens is 4. The minimum atomic E-state index is -0.444. The normalized spacial score (nSPS) is 20.2. The maximum absolute atomic E-state index is 12.1. The monoisotopic (exact) mass is 385 g/mol. The molecule has 27 heavy (non-hydrogen) atoms. The lowest BCUT2D eigenvalue weighted by Gasteiger charge is -2.17. The van der Waals surface area contributed by atoms with E-state index in [1.54, 1.807) is 35.2 Å². The van der Waals surface area contributed by atoms with E-state index in [1.807, 2.05) is 19.4 Å². The van der Waals surface area contributed by atoms with E-state index >= 15 is 0 Å². The first-order valence-electron chi connectivity index (χ1n) is 8.24. The second kappa shape index (κ2) is 7.13. The van der Waals surface area contributed by atoms with Crippen molar-refractivity contribution in [3.8, 4) is 0 Å². The molecule has 1 saturated heterocycles. The first-order valence-corrected chi connectivity index (χ1v) is 8.62. The smallest absolute Gasteiger partial charge is 0.338 e. The number of nitrogen functional groups attached to an aromatic ring is 1. The Kier molecular flexibility index (Phi) is 4.67. The van der Waals surface area contributed by atoms with Crippen molar-refractivity contribution in [3.63, 3.8) is 0 Å². The topological polar surface area (TPSA) is 105 Å². The van der Waals surface area contributed by atoms with Gasteiger partial charge in [-0.1, -0.05) is 36.7 Å². The molecule has 0 unspecified atom stereocenters. The third-order valence-corrected chi connectivity index (χ3v) is 4.44. The Labute approximate surface area is 160 Å². The number of esters is 1. The Balaban J connectivity index is 1.47. The average molecular weight is 386 g/mol. The molecule has 2 aromatic heterocycles. The lowest BCUT2D eigenvalue weighted by atomic mass is 10.1. The molecule has 1 fully saturated rings. The minimum absolute atomic E-state index is 0.0576. The average Bonchev–Trinajstić information content (AvgIpc) is 3.23. The Morgan fingerprint density at radius 1 is 1.33 bits per heavy atom. The summed E-state index contributed by atoms with van der Waals surface area (Å²) in [6.07, 6.45) is 2.65. The fourth-order valence-electron chi connectivity index (χ4n) is 2.94. The van der Waals surface area contributed by atoms with E-state index < -0.39 is 12.2 Å². The Hall–Kier alpha value is -2.71. The zero-order valence-corrected chi connectivity index (χ0v) is 15.1. The fourth-order valence-corrected chi connectivity index (χ4v) is 3.16. The van der Waals surface area contributed by atoms with Crippen LogP contribution in [-0.2, 0) is 9.47 Å². The van der Waals surface area contributed by atoms with Crippen LogP contribution in [0, 0.1) is 12.3 Å². The fraction of sp³-hybridized carbons (Fsp3) is 0.222. The molecule has 1 aliphatic heterocycles. The van der Waals surface area contributed by atoms with E-state index in [-0.39, 0.29) is 23.8 Å². The van der Waals surface area contributed by atoms with Crippen molar-refractivity contribution in [1.82, 2.24) is 19.5 Å². The van der Waals surface area contributed by atoms with E-state index in [2.05, 4.69) is 15.0 Å². The van der Waals surface area contributed by atoms with Crippen molar-refractivity contribution in [2.45, 2.75) is 19.3 Å². The van der Waals surface area contributed by atoms with Gasteiger partial charge in [-0.25, -0.2) is 9.78 Å². The summed E-state index contributed by atoms with van der Waals surface area (Å²) in [6.45, 7) is 2.02. The van der Waals surface area contributed by atoms with Crippen LogP contribution in [-0.4, -0.2) is 38.2 Å². The standard InChI is InChI=1S/C18H16ClN5O3/c1-10-7-12(8-26-17(25)11-5-3-2-4-6-11)27-16(10)24-9-21-13-14(19)22-18(20)23-15(13)24/h2-7,9,12,16H,8H2,1H3,(H2,20,22,23)/t12-,16-/m1/s1. The van der Waals surface area contributed by atoms with Gasteiger partial charge in [-0.05, 0) is 12.1 Å². The number of carbonyl (C=O) groups excluding carboxylic acids is 1. The van der Waals surface area contributed by atoms with Crippen molar-refractivity contribution in [2.75, 3.05) is 12.3 Å². The SMILES string of the molecule is C[C]1[CH][C@H](COC(=O)c2ccccc2)O[C@H]1n1cnc2c(Cl)nc(N)nc21. The third kappa shape index (κ3) is 3.45. The van der Waals surface area contributed by atoms with Crippen LogP contribution in [0.15, 0.2) is 36.7 Å². The van der Waals surface area contributed by atoms with Gasteiger partial charge in [0.25, 0.3) is 0 Å². The molecule has 3 aromatic rings. The van der Waals surface area contributed by atoms with Crippen molar-refractivity contribution < 1.29 is 14.3 Å². The number of nitrogens with zero attached hydrogens (tertiary/aromatic N) is 4. The summed E-state index contributed by atoms with van der Waals surface area (Å²) >= 11 is 6.07. The number of hydrogen-bond acceptors (Lipinski definition) is 7. The molecule has 0 bridgehead atoms. The van der Waals surface area contributed by atoms with Crippen LogP contribution in [0.3, 0.4) is 0 Å². The summed E-state index contributed by atoms with van der Waals surface area (Å²) in [6, 6.07) is 8.81. The molecule has 2 atom stereocenters. The van der Waals surface area contributed by atoms with E-state index in [0.29, 0.717) is 16.7 Å². The summed E-state index contributed by atoms with van der Waals surface area (Å²) in [5.41, 5.74) is 7.11. The highest BCUT2D eigenvalue weighted by molar-refractivity contribution is 6.33. The maximum atomic E-state index is 12.1. The number of halogens is 1. The van der Waals surface area contributed by atoms with Gasteiger partial charge in [0.1, 0.15) is 18.4 Å². The molecule has 0 amide bonds. The molecule has 8 nitrogen and oxygen atoms in total. The molecule has 0 saturated carbocycles. The van der Waals surface area contributed by atoms with Gasteiger partial charge in [0.15, 0.2) is 10.8 Å². The Bertz CT molecular complexity index is 978. The number of anilines is 1. The van der Waals surface area contributed by atoms with Crippen LogP contribution in [0.25, 0.3) is 11.2 Å². The molecular weight excluding hydrogens is 370 g/mol. The lowest BCUT2D eigenvalue weighted by Crippen LogP contribution is -2.19. The number of rotatable bonds is 4. The summed E-state index contributed by atoms with van der Waals surface area (Å²) in [4.78, 5) is 24.4. The highest BCUT2D eigenvalue weighted by Gasteiger charge is 2.36. The maximum Gasteiger partial charge on any atom is 0.338 e. The molecule has 2 radical (unpaired) electrons. The van der Waals surface area contributed by atoms with Gasteiger partial charge in [0.2, 0.25) is 5.95 Å². The quantitative estimate of drug-likeness (QED) is 0.543. The zero-order valence-electron chi connectivity index (χ0n) is 14.4. The number of hydrogen-bond donors (Lipinski definition) is 1. The molecule has 4 rings (SSSR count). The zero-order chi connectivity index (χ0) is 19.0. The lowest BCUT2D eigenvalue weighted by molar-refractivity contribution is -0.0220. The Morgan fingerprint density at radius 3 is 2.89 bits per heavy atom. The van der Waals surface area contributed by atoms with Gasteiger partial charge in [0, 0.05) is 12.3 Å². The number of imidazole rings is 1. The molecule has 2 N–H and O–H groups in total. The first-order chi connectivity index (χ1) is 13.0. The van der Waals surface area contributed by atoms with Crippen LogP contribution in [0.4, 0.5) is 5.95 Å². The molecule has 3 heterocycles. The van der Waals surface area contributed by atoms with Gasteiger partial charge in [0.05, 0.1) is 18.0 Å². The molecule has 1 aliphatic rings. The van der Waals surface area contributed by atoms with Crippen molar-refractivity contribution in [1.29, 1.82) is 0 Å². The van der Waals surface area contributed by atoms with Crippen LogP contribution in [0.2, 0.25) is 5.15 Å².